The summed E-state index contributed by atoms with van der Waals surface area (Å²) in [6, 6.07) is 7.60. The van der Waals surface area contributed by atoms with Crippen LogP contribution in [0.15, 0.2) is 24.3 Å². The third-order valence-electron chi connectivity index (χ3n) is 2.42. The van der Waals surface area contributed by atoms with Gasteiger partial charge < -0.3 is 9.67 Å². The fraction of sp³-hybridized carbons (Fsp3) is 0.308. The maximum absolute atomic E-state index is 10.9. The molecule has 3 nitrogen and oxygen atoms in total. The second-order valence-electron chi connectivity index (χ2n) is 3.46. The molecule has 0 radical (unpaired) electrons. The Kier molecular flexibility index (Phi) is 3.72. The van der Waals surface area contributed by atoms with Gasteiger partial charge in [0.15, 0.2) is 0 Å². The number of carboxylic acids is 1. The fourth-order valence-electron chi connectivity index (χ4n) is 1.65. The SMILES string of the molecule is CC.Cc1ccc2cc(C(=O)O)n(C)c2c1. The summed E-state index contributed by atoms with van der Waals surface area (Å²) in [7, 11) is 1.77. The minimum absolute atomic E-state index is 0.325. The second-order valence-corrected chi connectivity index (χ2v) is 3.46. The Morgan fingerprint density at radius 3 is 2.44 bits per heavy atom. The molecular weight excluding hydrogens is 202 g/mol. The molecule has 1 N–H and O–H groups in total. The molecule has 2 rings (SSSR count). The van der Waals surface area contributed by atoms with Gasteiger partial charge in [-0.25, -0.2) is 4.79 Å². The van der Waals surface area contributed by atoms with E-state index >= 15 is 0 Å². The molecule has 0 aliphatic heterocycles. The van der Waals surface area contributed by atoms with Gasteiger partial charge in [0, 0.05) is 18.0 Å². The van der Waals surface area contributed by atoms with Gasteiger partial charge in [-0.2, -0.15) is 0 Å². The first-order valence-electron chi connectivity index (χ1n) is 5.39. The van der Waals surface area contributed by atoms with Crippen molar-refractivity contribution in [3.05, 3.63) is 35.5 Å². The van der Waals surface area contributed by atoms with E-state index in [2.05, 4.69) is 0 Å². The Labute approximate surface area is 95.3 Å². The average Bonchev–Trinajstić information content (AvgIpc) is 2.59. The first-order chi connectivity index (χ1) is 7.59. The summed E-state index contributed by atoms with van der Waals surface area (Å²) in [5.41, 5.74) is 2.42. The second kappa shape index (κ2) is 4.84. The van der Waals surface area contributed by atoms with Crippen LogP contribution >= 0.6 is 0 Å². The lowest BCUT2D eigenvalue weighted by molar-refractivity contribution is 0.0687. The summed E-state index contributed by atoms with van der Waals surface area (Å²) < 4.78 is 1.70. The number of fused-ring (bicyclic) bond motifs is 1. The molecule has 0 aliphatic rings. The Bertz CT molecular complexity index is 512. The number of aromatic nitrogens is 1. The van der Waals surface area contributed by atoms with Crippen LogP contribution in [0.2, 0.25) is 0 Å². The standard InChI is InChI=1S/C11H11NO2.C2H6/c1-7-3-4-8-6-10(11(13)14)12(2)9(8)5-7;1-2/h3-6H,1-2H3,(H,13,14);1-2H3. The summed E-state index contributed by atoms with van der Waals surface area (Å²) in [5, 5.41) is 9.88. The van der Waals surface area contributed by atoms with Crippen molar-refractivity contribution in [3.8, 4) is 0 Å². The van der Waals surface area contributed by atoms with Crippen molar-refractivity contribution < 1.29 is 9.90 Å². The van der Waals surface area contributed by atoms with Crippen LogP contribution < -0.4 is 0 Å². The molecule has 2 aromatic rings. The van der Waals surface area contributed by atoms with Gasteiger partial charge in [-0.1, -0.05) is 26.0 Å². The van der Waals surface area contributed by atoms with Crippen molar-refractivity contribution in [1.82, 2.24) is 4.57 Å². The molecule has 1 aromatic heterocycles. The molecule has 0 fully saturated rings. The molecule has 0 unspecified atom stereocenters. The maximum Gasteiger partial charge on any atom is 0.352 e. The van der Waals surface area contributed by atoms with Gasteiger partial charge in [0.05, 0.1) is 0 Å². The van der Waals surface area contributed by atoms with Crippen molar-refractivity contribution in [2.24, 2.45) is 7.05 Å². The van der Waals surface area contributed by atoms with Crippen LogP contribution in [0.5, 0.6) is 0 Å². The number of nitrogens with zero attached hydrogens (tertiary/aromatic N) is 1. The average molecular weight is 219 g/mol. The molecular formula is C13H17NO2. The molecule has 3 heteroatoms. The van der Waals surface area contributed by atoms with Gasteiger partial charge in [0.25, 0.3) is 0 Å². The lowest BCUT2D eigenvalue weighted by Crippen LogP contribution is -2.03. The van der Waals surface area contributed by atoms with E-state index in [1.54, 1.807) is 17.7 Å². The maximum atomic E-state index is 10.9. The van der Waals surface area contributed by atoms with E-state index in [0.29, 0.717) is 5.69 Å². The molecule has 0 saturated heterocycles. The third kappa shape index (κ3) is 2.08. The first kappa shape index (κ1) is 12.3. The molecule has 0 bridgehead atoms. The minimum Gasteiger partial charge on any atom is -0.477 e. The molecule has 16 heavy (non-hydrogen) atoms. The molecule has 0 atom stereocenters. The highest BCUT2D eigenvalue weighted by atomic mass is 16.4. The van der Waals surface area contributed by atoms with E-state index in [0.717, 1.165) is 16.5 Å². The molecule has 0 aliphatic carbocycles. The van der Waals surface area contributed by atoms with E-state index < -0.39 is 5.97 Å². The number of aryl methyl sites for hydroxylation is 2. The van der Waals surface area contributed by atoms with Gasteiger partial charge in [0.2, 0.25) is 0 Å². The zero-order chi connectivity index (χ0) is 12.3. The largest absolute Gasteiger partial charge is 0.477 e. The van der Waals surface area contributed by atoms with Gasteiger partial charge in [-0.3, -0.25) is 0 Å². The van der Waals surface area contributed by atoms with Crippen LogP contribution in [0, 0.1) is 6.92 Å². The topological polar surface area (TPSA) is 42.2 Å². The summed E-state index contributed by atoms with van der Waals surface area (Å²) >= 11 is 0. The van der Waals surface area contributed by atoms with E-state index in [1.165, 1.54) is 0 Å². The number of aromatic carboxylic acids is 1. The number of carboxylic acid groups (broad SMARTS) is 1. The fourth-order valence-corrected chi connectivity index (χ4v) is 1.65. The van der Waals surface area contributed by atoms with Gasteiger partial charge in [-0.15, -0.1) is 0 Å². The molecule has 0 amide bonds. The van der Waals surface area contributed by atoms with Crippen LogP contribution in [0.1, 0.15) is 29.9 Å². The van der Waals surface area contributed by atoms with Crippen molar-refractivity contribution in [1.29, 1.82) is 0 Å². The van der Waals surface area contributed by atoms with Crippen molar-refractivity contribution >= 4 is 16.9 Å². The number of hydrogen-bond donors (Lipinski definition) is 1. The highest BCUT2D eigenvalue weighted by Crippen LogP contribution is 2.19. The smallest absolute Gasteiger partial charge is 0.352 e. The van der Waals surface area contributed by atoms with Crippen LogP contribution in [0.25, 0.3) is 10.9 Å². The minimum atomic E-state index is -0.888. The van der Waals surface area contributed by atoms with E-state index in [4.69, 9.17) is 5.11 Å². The van der Waals surface area contributed by atoms with Crippen molar-refractivity contribution in [3.63, 3.8) is 0 Å². The predicted molar refractivity (Wildman–Crippen MR) is 66.0 cm³/mol. The van der Waals surface area contributed by atoms with Crippen LogP contribution in [-0.2, 0) is 7.05 Å². The Hall–Kier alpha value is -1.77. The Morgan fingerprint density at radius 1 is 1.25 bits per heavy atom. The highest BCUT2D eigenvalue weighted by Gasteiger charge is 2.11. The first-order valence-corrected chi connectivity index (χ1v) is 5.39. The monoisotopic (exact) mass is 219 g/mol. The Morgan fingerprint density at radius 2 is 1.88 bits per heavy atom. The third-order valence-corrected chi connectivity index (χ3v) is 2.42. The van der Waals surface area contributed by atoms with Gasteiger partial charge in [0.1, 0.15) is 5.69 Å². The number of carbonyl (C=O) groups is 1. The summed E-state index contributed by atoms with van der Waals surface area (Å²) in [6.07, 6.45) is 0. The summed E-state index contributed by atoms with van der Waals surface area (Å²) in [4.78, 5) is 10.9. The number of benzene rings is 1. The molecule has 0 spiro atoms. The molecule has 1 aromatic carbocycles. The highest BCUT2D eigenvalue weighted by molar-refractivity contribution is 5.94. The van der Waals surface area contributed by atoms with Gasteiger partial charge >= 0.3 is 5.97 Å². The van der Waals surface area contributed by atoms with Crippen LogP contribution in [0.4, 0.5) is 0 Å². The van der Waals surface area contributed by atoms with Crippen molar-refractivity contribution in [2.45, 2.75) is 20.8 Å². The number of rotatable bonds is 1. The van der Waals surface area contributed by atoms with E-state index in [9.17, 15) is 4.79 Å². The normalized spacial score (nSPS) is 9.75. The zero-order valence-corrected chi connectivity index (χ0v) is 10.1. The summed E-state index contributed by atoms with van der Waals surface area (Å²) in [5.74, 6) is -0.888. The predicted octanol–water partition coefficient (Wildman–Crippen LogP) is 3.21. The lowest BCUT2D eigenvalue weighted by atomic mass is 10.2. The van der Waals surface area contributed by atoms with E-state index in [1.807, 2.05) is 39.0 Å². The molecule has 86 valence electrons. The van der Waals surface area contributed by atoms with Crippen LogP contribution in [-0.4, -0.2) is 15.6 Å². The molecule has 1 heterocycles. The summed E-state index contributed by atoms with van der Waals surface area (Å²) in [6.45, 7) is 5.99. The van der Waals surface area contributed by atoms with E-state index in [-0.39, 0.29) is 0 Å². The number of hydrogen-bond acceptors (Lipinski definition) is 1. The van der Waals surface area contributed by atoms with Gasteiger partial charge in [-0.05, 0) is 24.6 Å². The molecule has 0 saturated carbocycles. The lowest BCUT2D eigenvalue weighted by Gasteiger charge is -1.99. The zero-order valence-electron chi connectivity index (χ0n) is 10.1. The Balaban J connectivity index is 0.000000606. The van der Waals surface area contributed by atoms with Crippen molar-refractivity contribution in [2.75, 3.05) is 0 Å². The quantitative estimate of drug-likeness (QED) is 0.800. The van der Waals surface area contributed by atoms with Crippen LogP contribution in [0.3, 0.4) is 0 Å².